The summed E-state index contributed by atoms with van der Waals surface area (Å²) < 4.78 is 13.9. The van der Waals surface area contributed by atoms with E-state index >= 15 is 0 Å². The van der Waals surface area contributed by atoms with Gasteiger partial charge >= 0.3 is 0 Å². The number of piperidine rings is 1. The highest BCUT2D eigenvalue weighted by Gasteiger charge is 2.21. The highest BCUT2D eigenvalue weighted by molar-refractivity contribution is 5.94. The minimum Gasteiger partial charge on any atom is -0.341 e. The van der Waals surface area contributed by atoms with Crippen molar-refractivity contribution >= 4 is 5.91 Å². The van der Waals surface area contributed by atoms with Gasteiger partial charge in [-0.3, -0.25) is 4.79 Å². The van der Waals surface area contributed by atoms with Crippen LogP contribution in [0, 0.1) is 18.7 Å². The zero-order valence-corrected chi connectivity index (χ0v) is 11.6. The second-order valence-corrected chi connectivity index (χ2v) is 5.33. The van der Waals surface area contributed by atoms with E-state index < -0.39 is 5.82 Å². The van der Waals surface area contributed by atoms with E-state index in [1.807, 2.05) is 0 Å². The van der Waals surface area contributed by atoms with Gasteiger partial charge in [0.2, 0.25) is 0 Å². The number of benzene rings is 1. The molecule has 1 atom stereocenters. The maximum Gasteiger partial charge on any atom is 0.256 e. The van der Waals surface area contributed by atoms with Crippen LogP contribution in [0.2, 0.25) is 0 Å². The van der Waals surface area contributed by atoms with Crippen LogP contribution in [0.15, 0.2) is 18.2 Å². The molecule has 2 rings (SSSR count). The van der Waals surface area contributed by atoms with E-state index in [0.717, 1.165) is 25.9 Å². The van der Waals surface area contributed by atoms with Crippen LogP contribution in [0.1, 0.15) is 28.8 Å². The Hall–Kier alpha value is -1.42. The third kappa shape index (κ3) is 3.32. The minimum atomic E-state index is -0.402. The van der Waals surface area contributed by atoms with Crippen LogP contribution >= 0.6 is 0 Å². The fourth-order valence-electron chi connectivity index (χ4n) is 2.57. The SMILES string of the molecule is Cc1cccc(C(=O)N(C)CC2CCCNC2)c1F. The smallest absolute Gasteiger partial charge is 0.256 e. The summed E-state index contributed by atoms with van der Waals surface area (Å²) in [5.74, 6) is -0.163. The third-order valence-electron chi connectivity index (χ3n) is 3.70. The quantitative estimate of drug-likeness (QED) is 0.907. The first-order valence-corrected chi connectivity index (χ1v) is 6.81. The maximum atomic E-state index is 13.9. The second-order valence-electron chi connectivity index (χ2n) is 5.33. The number of carbonyl (C=O) groups is 1. The Balaban J connectivity index is 2.03. The molecule has 0 aliphatic carbocycles. The van der Waals surface area contributed by atoms with Crippen LogP contribution in [-0.2, 0) is 0 Å². The molecule has 3 nitrogen and oxygen atoms in total. The number of amides is 1. The molecule has 19 heavy (non-hydrogen) atoms. The van der Waals surface area contributed by atoms with Crippen molar-refractivity contribution in [3.8, 4) is 0 Å². The Labute approximate surface area is 113 Å². The first kappa shape index (κ1) is 14.0. The molecule has 0 spiro atoms. The highest BCUT2D eigenvalue weighted by atomic mass is 19.1. The van der Waals surface area contributed by atoms with E-state index in [1.54, 1.807) is 37.1 Å². The maximum absolute atomic E-state index is 13.9. The molecule has 1 aliphatic heterocycles. The molecule has 4 heteroatoms. The van der Waals surface area contributed by atoms with Gasteiger partial charge in [0.25, 0.3) is 5.91 Å². The molecule has 1 heterocycles. The number of hydrogen-bond donors (Lipinski definition) is 1. The molecule has 1 saturated heterocycles. The number of nitrogens with zero attached hydrogens (tertiary/aromatic N) is 1. The minimum absolute atomic E-state index is 0.172. The van der Waals surface area contributed by atoms with E-state index in [4.69, 9.17) is 0 Å². The van der Waals surface area contributed by atoms with Crippen LogP contribution in [0.5, 0.6) is 0 Å². The van der Waals surface area contributed by atoms with Crippen molar-refractivity contribution in [2.75, 3.05) is 26.7 Å². The van der Waals surface area contributed by atoms with Gasteiger partial charge in [0.1, 0.15) is 5.82 Å². The molecule has 1 fully saturated rings. The largest absolute Gasteiger partial charge is 0.341 e. The summed E-state index contributed by atoms with van der Waals surface area (Å²) in [6.07, 6.45) is 2.27. The molecule has 1 N–H and O–H groups in total. The molecule has 1 unspecified atom stereocenters. The summed E-state index contributed by atoms with van der Waals surface area (Å²) in [6, 6.07) is 4.96. The number of hydrogen-bond acceptors (Lipinski definition) is 2. The number of nitrogens with one attached hydrogen (secondary N) is 1. The van der Waals surface area contributed by atoms with E-state index in [-0.39, 0.29) is 11.5 Å². The summed E-state index contributed by atoms with van der Waals surface area (Å²) in [4.78, 5) is 13.9. The lowest BCUT2D eigenvalue weighted by Crippen LogP contribution is -2.39. The van der Waals surface area contributed by atoms with Crippen molar-refractivity contribution < 1.29 is 9.18 Å². The Morgan fingerprint density at radius 1 is 1.53 bits per heavy atom. The van der Waals surface area contributed by atoms with Gasteiger partial charge in [-0.05, 0) is 50.4 Å². The molecule has 0 bridgehead atoms. The molecule has 1 aromatic rings. The van der Waals surface area contributed by atoms with Crippen molar-refractivity contribution in [1.82, 2.24) is 10.2 Å². The molecular weight excluding hydrogens is 243 g/mol. The number of halogens is 1. The fourth-order valence-corrected chi connectivity index (χ4v) is 2.57. The van der Waals surface area contributed by atoms with Gasteiger partial charge in [0.15, 0.2) is 0 Å². The molecule has 1 amide bonds. The average molecular weight is 264 g/mol. The van der Waals surface area contributed by atoms with Crippen molar-refractivity contribution in [2.45, 2.75) is 19.8 Å². The molecular formula is C15H21FN2O. The lowest BCUT2D eigenvalue weighted by atomic mass is 9.99. The third-order valence-corrected chi connectivity index (χ3v) is 3.70. The van der Waals surface area contributed by atoms with Gasteiger partial charge < -0.3 is 10.2 Å². The first-order valence-electron chi connectivity index (χ1n) is 6.81. The molecule has 0 saturated carbocycles. The standard InChI is InChI=1S/C15H21FN2O/c1-11-5-3-7-13(14(11)16)15(19)18(2)10-12-6-4-8-17-9-12/h3,5,7,12,17H,4,6,8-10H2,1-2H3. The zero-order valence-electron chi connectivity index (χ0n) is 11.6. The van der Waals surface area contributed by atoms with Crippen molar-refractivity contribution in [1.29, 1.82) is 0 Å². The van der Waals surface area contributed by atoms with Crippen LogP contribution < -0.4 is 5.32 Å². The molecule has 1 aliphatic rings. The predicted octanol–water partition coefficient (Wildman–Crippen LogP) is 2.21. The monoisotopic (exact) mass is 264 g/mol. The van der Waals surface area contributed by atoms with Gasteiger partial charge in [0, 0.05) is 13.6 Å². The van der Waals surface area contributed by atoms with Gasteiger partial charge in [-0.25, -0.2) is 4.39 Å². The van der Waals surface area contributed by atoms with Gasteiger partial charge in [-0.15, -0.1) is 0 Å². The molecule has 0 radical (unpaired) electrons. The Morgan fingerprint density at radius 3 is 3.00 bits per heavy atom. The molecule has 0 aromatic heterocycles. The number of aryl methyl sites for hydroxylation is 1. The van der Waals surface area contributed by atoms with Gasteiger partial charge in [-0.1, -0.05) is 12.1 Å². The number of carbonyl (C=O) groups excluding carboxylic acids is 1. The molecule has 1 aromatic carbocycles. The predicted molar refractivity (Wildman–Crippen MR) is 73.7 cm³/mol. The topological polar surface area (TPSA) is 32.3 Å². The summed E-state index contributed by atoms with van der Waals surface area (Å²) in [5.41, 5.74) is 0.685. The Morgan fingerprint density at radius 2 is 2.32 bits per heavy atom. The van der Waals surface area contributed by atoms with E-state index in [9.17, 15) is 9.18 Å². The van der Waals surface area contributed by atoms with Crippen LogP contribution in [0.25, 0.3) is 0 Å². The van der Waals surface area contributed by atoms with Crippen LogP contribution in [0.3, 0.4) is 0 Å². The Bertz CT molecular complexity index is 455. The number of rotatable bonds is 3. The van der Waals surface area contributed by atoms with Gasteiger partial charge in [0.05, 0.1) is 5.56 Å². The van der Waals surface area contributed by atoms with Crippen LogP contribution in [0.4, 0.5) is 4.39 Å². The summed E-state index contributed by atoms with van der Waals surface area (Å²) in [6.45, 7) is 4.35. The molecule has 104 valence electrons. The second kappa shape index (κ2) is 6.15. The Kier molecular flexibility index (Phi) is 4.53. The summed E-state index contributed by atoms with van der Waals surface area (Å²) in [5, 5.41) is 3.33. The lowest BCUT2D eigenvalue weighted by molar-refractivity contribution is 0.0760. The fraction of sp³-hybridized carbons (Fsp3) is 0.533. The zero-order chi connectivity index (χ0) is 13.8. The van der Waals surface area contributed by atoms with Gasteiger partial charge in [-0.2, -0.15) is 0 Å². The van der Waals surface area contributed by atoms with E-state index in [1.165, 1.54) is 0 Å². The highest BCUT2D eigenvalue weighted by Crippen LogP contribution is 2.16. The van der Waals surface area contributed by atoms with Crippen molar-refractivity contribution in [3.05, 3.63) is 35.1 Å². The summed E-state index contributed by atoms with van der Waals surface area (Å²) in [7, 11) is 1.75. The van der Waals surface area contributed by atoms with E-state index in [2.05, 4.69) is 5.32 Å². The summed E-state index contributed by atoms with van der Waals surface area (Å²) >= 11 is 0. The van der Waals surface area contributed by atoms with E-state index in [0.29, 0.717) is 18.0 Å². The van der Waals surface area contributed by atoms with Crippen molar-refractivity contribution in [3.63, 3.8) is 0 Å². The normalized spacial score (nSPS) is 19.2. The van der Waals surface area contributed by atoms with Crippen LogP contribution in [-0.4, -0.2) is 37.5 Å². The first-order chi connectivity index (χ1) is 9.09. The average Bonchev–Trinajstić information content (AvgIpc) is 2.42. The van der Waals surface area contributed by atoms with Crippen molar-refractivity contribution in [2.24, 2.45) is 5.92 Å². The lowest BCUT2D eigenvalue weighted by Gasteiger charge is -2.27.